The van der Waals surface area contributed by atoms with E-state index in [4.69, 9.17) is 27.9 Å². The molecule has 7 heteroatoms. The molecule has 3 aromatic rings. The molecule has 1 unspecified atom stereocenters. The molecule has 2 aliphatic heterocycles. The minimum atomic E-state index is -1.61. The first-order chi connectivity index (χ1) is 16.9. The quantitative estimate of drug-likeness (QED) is 0.336. The summed E-state index contributed by atoms with van der Waals surface area (Å²) >= 11 is 12.9. The molecule has 3 atom stereocenters. The Balaban J connectivity index is 1.71. The van der Waals surface area contributed by atoms with Crippen LogP contribution in [0.25, 0.3) is 6.08 Å². The number of nitrogens with zero attached hydrogens (tertiary/aromatic N) is 1. The zero-order chi connectivity index (χ0) is 24.5. The minimum absolute atomic E-state index is 0.282. The maximum atomic E-state index is 14.3. The smallest absolute Gasteiger partial charge is 0.329 e. The summed E-state index contributed by atoms with van der Waals surface area (Å²) in [5.74, 6) is -2.10. The fraction of sp³-hybridized carbons (Fsp3) is 0.179. The average molecular weight is 504 g/mol. The third-order valence-electron chi connectivity index (χ3n) is 7.45. The maximum Gasteiger partial charge on any atom is 0.329 e. The normalized spacial score (nSPS) is 23.3. The van der Waals surface area contributed by atoms with Gasteiger partial charge in [0, 0.05) is 32.8 Å². The second kappa shape index (κ2) is 7.80. The first-order valence-corrected chi connectivity index (χ1v) is 11.9. The number of benzene rings is 3. The predicted molar refractivity (Wildman–Crippen MR) is 134 cm³/mol. The summed E-state index contributed by atoms with van der Waals surface area (Å²) in [6.45, 7) is 0. The van der Waals surface area contributed by atoms with E-state index in [1.807, 2.05) is 41.3 Å². The Morgan fingerprint density at radius 3 is 2.26 bits per heavy atom. The van der Waals surface area contributed by atoms with Gasteiger partial charge < -0.3 is 9.64 Å². The monoisotopic (exact) mass is 503 g/mol. The number of Topliss-reactive ketones (excluding diaryl/α,β-unsaturated/α-hetero) is 2. The van der Waals surface area contributed by atoms with Gasteiger partial charge in [0.05, 0.1) is 13.2 Å². The zero-order valence-corrected chi connectivity index (χ0v) is 20.1. The predicted octanol–water partition coefficient (Wildman–Crippen LogP) is 5.60. The van der Waals surface area contributed by atoms with Crippen molar-refractivity contribution in [3.63, 3.8) is 0 Å². The number of carbonyl (C=O) groups excluding carboxylic acids is 3. The van der Waals surface area contributed by atoms with Crippen LogP contribution in [-0.2, 0) is 9.53 Å². The largest absolute Gasteiger partial charge is 0.467 e. The van der Waals surface area contributed by atoms with Crippen LogP contribution in [0.4, 0.5) is 5.69 Å². The maximum absolute atomic E-state index is 14.3. The van der Waals surface area contributed by atoms with Crippen LogP contribution in [0.2, 0.25) is 10.0 Å². The second-order valence-corrected chi connectivity index (χ2v) is 9.80. The number of hydrogen-bond donors (Lipinski definition) is 0. The molecule has 5 nitrogen and oxygen atoms in total. The van der Waals surface area contributed by atoms with Crippen LogP contribution < -0.4 is 4.90 Å². The van der Waals surface area contributed by atoms with Gasteiger partial charge in [-0.1, -0.05) is 83.9 Å². The number of ether oxygens (including phenoxy) is 1. The van der Waals surface area contributed by atoms with Crippen LogP contribution in [0.1, 0.15) is 37.8 Å². The standard InChI is InChI=1S/C28H19Cl2NO4/c1-35-27(34)24-23(19-12-11-16(29)14-20(19)30)28(25(32)17-7-3-4-8-18(17)26(28)33)22-13-10-15-6-2-5-9-21(15)31(22)24/h2-14,22-24H,1H3/t22?,23-,24+/m0/s1. The van der Waals surface area contributed by atoms with Crippen molar-refractivity contribution in [1.82, 2.24) is 0 Å². The van der Waals surface area contributed by atoms with Crippen LogP contribution >= 0.6 is 23.2 Å². The number of halogens is 2. The lowest BCUT2D eigenvalue weighted by atomic mass is 9.64. The highest BCUT2D eigenvalue weighted by molar-refractivity contribution is 6.36. The lowest BCUT2D eigenvalue weighted by Gasteiger charge is -2.36. The molecular weight excluding hydrogens is 485 g/mol. The van der Waals surface area contributed by atoms with Crippen molar-refractivity contribution < 1.29 is 19.1 Å². The van der Waals surface area contributed by atoms with Crippen molar-refractivity contribution in [3.8, 4) is 0 Å². The van der Waals surface area contributed by atoms with E-state index in [-0.39, 0.29) is 16.6 Å². The summed E-state index contributed by atoms with van der Waals surface area (Å²) in [6.07, 6.45) is 3.76. The Bertz CT molecular complexity index is 1430. The molecule has 1 fully saturated rings. The van der Waals surface area contributed by atoms with Gasteiger partial charge in [0.1, 0.15) is 11.5 Å². The molecule has 0 radical (unpaired) electrons. The Kier molecular flexibility index (Phi) is 4.92. The van der Waals surface area contributed by atoms with Crippen molar-refractivity contribution in [2.24, 2.45) is 5.41 Å². The number of esters is 1. The molecule has 3 aromatic carbocycles. The van der Waals surface area contributed by atoms with Crippen LogP contribution in [0.3, 0.4) is 0 Å². The van der Waals surface area contributed by atoms with Crippen molar-refractivity contribution >= 4 is 52.5 Å². The fourth-order valence-corrected chi connectivity index (χ4v) is 6.63. The van der Waals surface area contributed by atoms with Gasteiger partial charge in [-0.25, -0.2) is 4.79 Å². The molecule has 1 spiro atoms. The van der Waals surface area contributed by atoms with Crippen LogP contribution in [0.5, 0.6) is 0 Å². The molecule has 6 rings (SSSR count). The van der Waals surface area contributed by atoms with E-state index >= 15 is 0 Å². The van der Waals surface area contributed by atoms with Crippen molar-refractivity contribution in [2.45, 2.75) is 18.0 Å². The van der Waals surface area contributed by atoms with Gasteiger partial charge in [0.2, 0.25) is 0 Å². The van der Waals surface area contributed by atoms with E-state index in [1.54, 1.807) is 42.5 Å². The molecule has 35 heavy (non-hydrogen) atoms. The molecule has 1 aliphatic carbocycles. The first-order valence-electron chi connectivity index (χ1n) is 11.2. The highest BCUT2D eigenvalue weighted by Gasteiger charge is 2.72. The highest BCUT2D eigenvalue weighted by Crippen LogP contribution is 2.61. The zero-order valence-electron chi connectivity index (χ0n) is 18.6. The number of para-hydroxylation sites is 1. The molecular formula is C28H19Cl2NO4. The highest BCUT2D eigenvalue weighted by atomic mass is 35.5. The number of hydrogen-bond acceptors (Lipinski definition) is 5. The van der Waals surface area contributed by atoms with Crippen molar-refractivity contribution in [2.75, 3.05) is 12.0 Å². The summed E-state index contributed by atoms with van der Waals surface area (Å²) < 4.78 is 5.27. The van der Waals surface area contributed by atoms with Gasteiger partial charge >= 0.3 is 5.97 Å². The van der Waals surface area contributed by atoms with Crippen LogP contribution in [0, 0.1) is 5.41 Å². The Hall–Kier alpha value is -3.41. The molecule has 174 valence electrons. The third-order valence-corrected chi connectivity index (χ3v) is 8.02. The lowest BCUT2D eigenvalue weighted by Crippen LogP contribution is -2.48. The second-order valence-electron chi connectivity index (χ2n) is 8.95. The lowest BCUT2D eigenvalue weighted by molar-refractivity contribution is -0.142. The summed E-state index contributed by atoms with van der Waals surface area (Å²) in [4.78, 5) is 44.0. The van der Waals surface area contributed by atoms with Gasteiger partial charge in [-0.15, -0.1) is 0 Å². The summed E-state index contributed by atoms with van der Waals surface area (Å²) in [7, 11) is 1.31. The minimum Gasteiger partial charge on any atom is -0.467 e. The van der Waals surface area contributed by atoms with E-state index in [2.05, 4.69) is 0 Å². The number of anilines is 1. The van der Waals surface area contributed by atoms with E-state index in [0.29, 0.717) is 21.7 Å². The van der Waals surface area contributed by atoms with Gasteiger partial charge in [-0.2, -0.15) is 0 Å². The first kappa shape index (κ1) is 22.1. The van der Waals surface area contributed by atoms with E-state index in [9.17, 15) is 14.4 Å². The number of fused-ring (bicyclic) bond motifs is 5. The number of carbonyl (C=O) groups is 3. The molecule has 0 N–H and O–H groups in total. The van der Waals surface area contributed by atoms with Crippen molar-refractivity contribution in [3.05, 3.63) is 105 Å². The third kappa shape index (κ3) is 2.79. The summed E-state index contributed by atoms with van der Waals surface area (Å²) in [5.41, 5.74) is 1.23. The summed E-state index contributed by atoms with van der Waals surface area (Å²) in [5, 5.41) is 0.695. The topological polar surface area (TPSA) is 63.7 Å². The average Bonchev–Trinajstić information content (AvgIpc) is 3.30. The van der Waals surface area contributed by atoms with Gasteiger partial charge in [0.15, 0.2) is 11.6 Å². The molecule has 0 aromatic heterocycles. The molecule has 1 saturated heterocycles. The number of ketones is 2. The van der Waals surface area contributed by atoms with Crippen LogP contribution in [-0.4, -0.2) is 36.7 Å². The van der Waals surface area contributed by atoms with E-state index in [0.717, 1.165) is 11.3 Å². The molecule has 0 amide bonds. The molecule has 3 aliphatic rings. The van der Waals surface area contributed by atoms with Crippen molar-refractivity contribution in [1.29, 1.82) is 0 Å². The molecule has 0 saturated carbocycles. The SMILES string of the molecule is COC(=O)[C@H]1[C@H](c2ccc(Cl)cc2Cl)C2(C(=O)c3ccccc3C2=O)C2C=Cc3ccccc3N21. The van der Waals surface area contributed by atoms with Crippen LogP contribution in [0.15, 0.2) is 72.8 Å². The fourth-order valence-electron chi connectivity index (χ4n) is 6.11. The van der Waals surface area contributed by atoms with Gasteiger partial charge in [0.25, 0.3) is 0 Å². The van der Waals surface area contributed by atoms with E-state index in [1.165, 1.54) is 7.11 Å². The number of methoxy groups -OCH3 is 1. The molecule has 0 bridgehead atoms. The van der Waals surface area contributed by atoms with E-state index < -0.39 is 29.4 Å². The number of rotatable bonds is 2. The molecule has 2 heterocycles. The Morgan fingerprint density at radius 1 is 0.943 bits per heavy atom. The van der Waals surface area contributed by atoms with Gasteiger partial charge in [-0.05, 0) is 29.3 Å². The Morgan fingerprint density at radius 2 is 1.60 bits per heavy atom. The summed E-state index contributed by atoms with van der Waals surface area (Å²) in [6, 6.07) is 17.6. The van der Waals surface area contributed by atoms with Gasteiger partial charge in [-0.3, -0.25) is 9.59 Å². The Labute approximate surface area is 211 Å².